The second kappa shape index (κ2) is 7.80. The van der Waals surface area contributed by atoms with Crippen molar-refractivity contribution in [2.24, 2.45) is 0 Å². The summed E-state index contributed by atoms with van der Waals surface area (Å²) in [4.78, 5) is 22.9. The fraction of sp³-hybridized carbons (Fsp3) is 0.353. The van der Waals surface area contributed by atoms with Crippen molar-refractivity contribution in [3.05, 3.63) is 36.3 Å². The molecule has 0 atom stereocenters. The Balaban J connectivity index is 1.75. The number of anilines is 2. The largest absolute Gasteiger partial charge is 0.493 e. The predicted molar refractivity (Wildman–Crippen MR) is 92.6 cm³/mol. The number of nitrogens with one attached hydrogen (secondary N) is 1. The monoisotopic (exact) mass is 344 g/mol. The van der Waals surface area contributed by atoms with E-state index < -0.39 is 0 Å². The smallest absolute Gasteiger partial charge is 0.274 e. The third-order valence-electron chi connectivity index (χ3n) is 3.86. The maximum Gasteiger partial charge on any atom is 0.274 e. The lowest BCUT2D eigenvalue weighted by Gasteiger charge is -2.27. The molecule has 25 heavy (non-hydrogen) atoms. The van der Waals surface area contributed by atoms with Crippen molar-refractivity contribution in [2.75, 3.05) is 50.7 Å². The number of carbonyl (C=O) groups excluding carboxylic acids is 1. The lowest BCUT2D eigenvalue weighted by molar-refractivity contribution is 0.102. The van der Waals surface area contributed by atoms with Crippen molar-refractivity contribution in [3.8, 4) is 11.5 Å². The first-order chi connectivity index (χ1) is 12.2. The Hall–Kier alpha value is -2.87. The predicted octanol–water partition coefficient (Wildman–Crippen LogP) is 1.58. The number of rotatable bonds is 5. The molecule has 0 unspecified atom stereocenters. The van der Waals surface area contributed by atoms with Gasteiger partial charge in [0.05, 0.1) is 27.4 Å². The molecule has 0 saturated carbocycles. The lowest BCUT2D eigenvalue weighted by Crippen LogP contribution is -2.37. The van der Waals surface area contributed by atoms with Crippen molar-refractivity contribution < 1.29 is 19.0 Å². The Morgan fingerprint density at radius 3 is 2.60 bits per heavy atom. The number of morpholine rings is 1. The first-order valence-corrected chi connectivity index (χ1v) is 7.89. The van der Waals surface area contributed by atoms with E-state index in [2.05, 4.69) is 20.2 Å². The van der Waals surface area contributed by atoms with Gasteiger partial charge in [0.1, 0.15) is 17.8 Å². The molecule has 2 aromatic rings. The van der Waals surface area contributed by atoms with E-state index in [1.807, 2.05) is 0 Å². The summed E-state index contributed by atoms with van der Waals surface area (Å²) in [6, 6.07) is 6.85. The highest BCUT2D eigenvalue weighted by molar-refractivity contribution is 6.03. The first-order valence-electron chi connectivity index (χ1n) is 7.89. The molecule has 0 spiro atoms. The number of ether oxygens (including phenoxy) is 3. The molecule has 0 radical (unpaired) electrons. The lowest BCUT2D eigenvalue weighted by atomic mass is 10.2. The fourth-order valence-corrected chi connectivity index (χ4v) is 2.55. The Bertz CT molecular complexity index is 747. The second-order valence-electron chi connectivity index (χ2n) is 5.38. The van der Waals surface area contributed by atoms with Gasteiger partial charge in [0.25, 0.3) is 5.91 Å². The van der Waals surface area contributed by atoms with Crippen LogP contribution in [-0.4, -0.2) is 56.4 Å². The fourth-order valence-electron chi connectivity index (χ4n) is 2.55. The van der Waals surface area contributed by atoms with Crippen LogP contribution < -0.4 is 19.7 Å². The topological polar surface area (TPSA) is 85.8 Å². The van der Waals surface area contributed by atoms with Crippen LogP contribution in [0.5, 0.6) is 11.5 Å². The van der Waals surface area contributed by atoms with Crippen molar-refractivity contribution in [3.63, 3.8) is 0 Å². The van der Waals surface area contributed by atoms with Gasteiger partial charge < -0.3 is 24.4 Å². The molecule has 1 aliphatic heterocycles. The van der Waals surface area contributed by atoms with Gasteiger partial charge in [0.15, 0.2) is 11.5 Å². The Morgan fingerprint density at radius 2 is 1.88 bits per heavy atom. The average Bonchev–Trinajstić information content (AvgIpc) is 2.68. The average molecular weight is 344 g/mol. The Morgan fingerprint density at radius 1 is 1.12 bits per heavy atom. The quantitative estimate of drug-likeness (QED) is 0.881. The zero-order chi connectivity index (χ0) is 17.6. The van der Waals surface area contributed by atoms with Crippen molar-refractivity contribution in [1.29, 1.82) is 0 Å². The number of nitrogens with zero attached hydrogens (tertiary/aromatic N) is 3. The van der Waals surface area contributed by atoms with Gasteiger partial charge in [0.2, 0.25) is 0 Å². The molecule has 1 fully saturated rings. The van der Waals surface area contributed by atoms with E-state index in [9.17, 15) is 4.79 Å². The van der Waals surface area contributed by atoms with Gasteiger partial charge in [-0.25, -0.2) is 9.97 Å². The first kappa shape index (κ1) is 17.0. The Kier molecular flexibility index (Phi) is 5.30. The van der Waals surface area contributed by atoms with E-state index >= 15 is 0 Å². The van der Waals surface area contributed by atoms with Gasteiger partial charge in [-0.15, -0.1) is 0 Å². The molecule has 8 heteroatoms. The summed E-state index contributed by atoms with van der Waals surface area (Å²) in [5.41, 5.74) is 0.889. The second-order valence-corrected chi connectivity index (χ2v) is 5.38. The molecule has 1 saturated heterocycles. The summed E-state index contributed by atoms with van der Waals surface area (Å²) in [6.45, 7) is 2.79. The van der Waals surface area contributed by atoms with Crippen LogP contribution in [0.25, 0.3) is 0 Å². The van der Waals surface area contributed by atoms with E-state index in [1.165, 1.54) is 6.33 Å². The van der Waals surface area contributed by atoms with E-state index in [1.54, 1.807) is 38.5 Å². The van der Waals surface area contributed by atoms with Gasteiger partial charge in [0, 0.05) is 30.9 Å². The zero-order valence-electron chi connectivity index (χ0n) is 14.2. The van der Waals surface area contributed by atoms with Crippen LogP contribution >= 0.6 is 0 Å². The molecule has 3 rings (SSSR count). The Labute approximate surface area is 145 Å². The summed E-state index contributed by atoms with van der Waals surface area (Å²) in [7, 11) is 3.10. The number of aromatic nitrogens is 2. The van der Waals surface area contributed by atoms with E-state index in [0.29, 0.717) is 36.1 Å². The third kappa shape index (κ3) is 3.97. The molecule has 8 nitrogen and oxygen atoms in total. The molecule has 1 aromatic heterocycles. The standard InChI is InChI=1S/C17H20N4O4/c1-23-14-4-3-12(9-15(14)24-2)20-17(22)13-10-16(19-11-18-13)21-5-7-25-8-6-21/h3-4,9-11H,5-8H2,1-2H3,(H,20,22). The minimum atomic E-state index is -0.316. The SMILES string of the molecule is COc1ccc(NC(=O)c2cc(N3CCOCC3)ncn2)cc1OC. The van der Waals surface area contributed by atoms with Crippen LogP contribution in [0.4, 0.5) is 11.5 Å². The van der Waals surface area contributed by atoms with Crippen LogP contribution in [-0.2, 0) is 4.74 Å². The molecule has 132 valence electrons. The summed E-state index contributed by atoms with van der Waals surface area (Å²) in [5.74, 6) is 1.54. The highest BCUT2D eigenvalue weighted by Gasteiger charge is 2.16. The number of methoxy groups -OCH3 is 2. The molecule has 0 aliphatic carbocycles. The normalized spacial score (nSPS) is 14.1. The van der Waals surface area contributed by atoms with Gasteiger partial charge in [-0.1, -0.05) is 0 Å². The number of hydrogen-bond donors (Lipinski definition) is 1. The summed E-state index contributed by atoms with van der Waals surface area (Å²) >= 11 is 0. The molecular formula is C17H20N4O4. The number of carbonyl (C=O) groups is 1. The summed E-state index contributed by atoms with van der Waals surface area (Å²) < 4.78 is 15.8. The number of hydrogen-bond acceptors (Lipinski definition) is 7. The molecule has 1 amide bonds. The third-order valence-corrected chi connectivity index (χ3v) is 3.86. The summed E-state index contributed by atoms with van der Waals surface area (Å²) in [6.07, 6.45) is 1.40. The van der Waals surface area contributed by atoms with Gasteiger partial charge in [-0.05, 0) is 12.1 Å². The molecular weight excluding hydrogens is 324 g/mol. The summed E-state index contributed by atoms with van der Waals surface area (Å²) in [5, 5.41) is 2.81. The highest BCUT2D eigenvalue weighted by atomic mass is 16.5. The van der Waals surface area contributed by atoms with E-state index in [4.69, 9.17) is 14.2 Å². The molecule has 1 aliphatic rings. The van der Waals surface area contributed by atoms with Crippen molar-refractivity contribution in [1.82, 2.24) is 9.97 Å². The molecule has 1 N–H and O–H groups in total. The van der Waals surface area contributed by atoms with Crippen LogP contribution in [0.2, 0.25) is 0 Å². The van der Waals surface area contributed by atoms with Crippen LogP contribution in [0.1, 0.15) is 10.5 Å². The molecule has 0 bridgehead atoms. The number of benzene rings is 1. The number of amides is 1. The van der Waals surface area contributed by atoms with Crippen molar-refractivity contribution >= 4 is 17.4 Å². The van der Waals surface area contributed by atoms with Crippen LogP contribution in [0, 0.1) is 0 Å². The maximum atomic E-state index is 12.5. The van der Waals surface area contributed by atoms with E-state index in [-0.39, 0.29) is 5.91 Å². The zero-order valence-corrected chi connectivity index (χ0v) is 14.2. The highest BCUT2D eigenvalue weighted by Crippen LogP contribution is 2.29. The van der Waals surface area contributed by atoms with Crippen LogP contribution in [0.3, 0.4) is 0 Å². The van der Waals surface area contributed by atoms with Gasteiger partial charge in [-0.2, -0.15) is 0 Å². The van der Waals surface area contributed by atoms with Crippen LogP contribution in [0.15, 0.2) is 30.6 Å². The van der Waals surface area contributed by atoms with Gasteiger partial charge >= 0.3 is 0 Å². The molecule has 2 heterocycles. The minimum Gasteiger partial charge on any atom is -0.493 e. The molecule has 1 aromatic carbocycles. The van der Waals surface area contributed by atoms with Crippen molar-refractivity contribution in [2.45, 2.75) is 0 Å². The van der Waals surface area contributed by atoms with E-state index in [0.717, 1.165) is 18.9 Å². The maximum absolute atomic E-state index is 12.5. The van der Waals surface area contributed by atoms with Gasteiger partial charge in [-0.3, -0.25) is 4.79 Å². The minimum absolute atomic E-state index is 0.297.